The standard InChI is InChI=1S/C11H26N4O2S.HI/c1-5-12-11(14-9-10(3)4)13-7-8-15-18(16,17)6-2;/h10,15H,5-9H2,1-4H3,(H2,12,13,14);1H. The smallest absolute Gasteiger partial charge is 0.211 e. The molecule has 0 rings (SSSR count). The van der Waals surface area contributed by atoms with Crippen LogP contribution in [0.4, 0.5) is 0 Å². The molecule has 3 N–H and O–H groups in total. The first-order valence-corrected chi connectivity index (χ1v) is 8.06. The number of rotatable bonds is 8. The molecule has 116 valence electrons. The molecule has 0 saturated heterocycles. The second-order valence-corrected chi connectivity index (χ2v) is 6.43. The van der Waals surface area contributed by atoms with Crippen molar-refractivity contribution in [3.8, 4) is 0 Å². The lowest BCUT2D eigenvalue weighted by atomic mass is 10.2. The average molecular weight is 406 g/mol. The SMILES string of the molecule is CCNC(=NCC(C)C)NCCNS(=O)(=O)CC.I. The first-order valence-electron chi connectivity index (χ1n) is 6.40. The Morgan fingerprint density at radius 1 is 1.16 bits per heavy atom. The molecule has 0 saturated carbocycles. The van der Waals surface area contributed by atoms with Crippen LogP contribution >= 0.6 is 24.0 Å². The van der Waals surface area contributed by atoms with Gasteiger partial charge in [0.25, 0.3) is 0 Å². The Kier molecular flexibility index (Phi) is 13.1. The highest BCUT2D eigenvalue weighted by atomic mass is 127. The van der Waals surface area contributed by atoms with Crippen molar-refractivity contribution < 1.29 is 8.42 Å². The van der Waals surface area contributed by atoms with E-state index in [2.05, 4.69) is 34.2 Å². The van der Waals surface area contributed by atoms with Crippen molar-refractivity contribution in [3.63, 3.8) is 0 Å². The van der Waals surface area contributed by atoms with Gasteiger partial charge in [0.15, 0.2) is 5.96 Å². The Labute approximate surface area is 134 Å². The van der Waals surface area contributed by atoms with Crippen LogP contribution in [0.15, 0.2) is 4.99 Å². The molecule has 6 nitrogen and oxygen atoms in total. The Balaban J connectivity index is 0. The molecular formula is C11H27IN4O2S. The number of nitrogens with zero attached hydrogens (tertiary/aromatic N) is 1. The van der Waals surface area contributed by atoms with Crippen molar-refractivity contribution >= 4 is 40.0 Å². The van der Waals surface area contributed by atoms with Gasteiger partial charge < -0.3 is 10.6 Å². The Morgan fingerprint density at radius 2 is 1.79 bits per heavy atom. The summed E-state index contributed by atoms with van der Waals surface area (Å²) in [5, 5.41) is 6.20. The van der Waals surface area contributed by atoms with Gasteiger partial charge in [-0.25, -0.2) is 13.1 Å². The fourth-order valence-electron chi connectivity index (χ4n) is 1.11. The Morgan fingerprint density at radius 3 is 2.26 bits per heavy atom. The molecule has 0 spiro atoms. The van der Waals surface area contributed by atoms with E-state index in [1.54, 1.807) is 6.92 Å². The Bertz CT molecular complexity index is 345. The topological polar surface area (TPSA) is 82.6 Å². The molecule has 0 radical (unpaired) electrons. The third-order valence-corrected chi connectivity index (χ3v) is 3.48. The average Bonchev–Trinajstić information content (AvgIpc) is 2.31. The van der Waals surface area contributed by atoms with Crippen molar-refractivity contribution in [1.82, 2.24) is 15.4 Å². The van der Waals surface area contributed by atoms with Gasteiger partial charge in [0.05, 0.1) is 5.75 Å². The van der Waals surface area contributed by atoms with Gasteiger partial charge in [-0.1, -0.05) is 13.8 Å². The van der Waals surface area contributed by atoms with E-state index in [0.717, 1.165) is 19.0 Å². The molecule has 0 aromatic heterocycles. The maximum Gasteiger partial charge on any atom is 0.211 e. The van der Waals surface area contributed by atoms with Crippen molar-refractivity contribution in [1.29, 1.82) is 0 Å². The van der Waals surface area contributed by atoms with Crippen LogP contribution in [0.5, 0.6) is 0 Å². The van der Waals surface area contributed by atoms with E-state index in [9.17, 15) is 8.42 Å². The maximum absolute atomic E-state index is 11.2. The summed E-state index contributed by atoms with van der Waals surface area (Å²) < 4.78 is 24.9. The lowest BCUT2D eigenvalue weighted by molar-refractivity contribution is 0.581. The molecule has 8 heteroatoms. The van der Waals surface area contributed by atoms with E-state index in [1.807, 2.05) is 6.92 Å². The van der Waals surface area contributed by atoms with E-state index >= 15 is 0 Å². The van der Waals surface area contributed by atoms with Crippen LogP contribution < -0.4 is 15.4 Å². The van der Waals surface area contributed by atoms with Crippen LogP contribution in [0.1, 0.15) is 27.7 Å². The number of aliphatic imine (C=N–C) groups is 1. The van der Waals surface area contributed by atoms with Gasteiger partial charge in [0.2, 0.25) is 10.0 Å². The van der Waals surface area contributed by atoms with Crippen molar-refractivity contribution in [2.24, 2.45) is 10.9 Å². The first kappa shape index (κ1) is 21.2. The summed E-state index contributed by atoms with van der Waals surface area (Å²) in [5.74, 6) is 1.33. The monoisotopic (exact) mass is 406 g/mol. The van der Waals surface area contributed by atoms with E-state index in [4.69, 9.17) is 0 Å². The molecule has 0 aromatic rings. The molecule has 0 aliphatic carbocycles. The van der Waals surface area contributed by atoms with E-state index in [-0.39, 0.29) is 29.7 Å². The van der Waals surface area contributed by atoms with Gasteiger partial charge in [-0.15, -0.1) is 24.0 Å². The highest BCUT2D eigenvalue weighted by molar-refractivity contribution is 14.0. The highest BCUT2D eigenvalue weighted by Crippen LogP contribution is 1.91. The number of hydrogen-bond donors (Lipinski definition) is 3. The predicted octanol–water partition coefficient (Wildman–Crippen LogP) is 0.755. The van der Waals surface area contributed by atoms with E-state index < -0.39 is 10.0 Å². The van der Waals surface area contributed by atoms with Crippen LogP contribution in [-0.2, 0) is 10.0 Å². The molecule has 0 unspecified atom stereocenters. The quantitative estimate of drug-likeness (QED) is 0.241. The third-order valence-electron chi connectivity index (χ3n) is 2.08. The summed E-state index contributed by atoms with van der Waals surface area (Å²) in [4.78, 5) is 4.38. The zero-order valence-electron chi connectivity index (χ0n) is 12.2. The van der Waals surface area contributed by atoms with E-state index in [0.29, 0.717) is 19.0 Å². The fourth-order valence-corrected chi connectivity index (χ4v) is 1.72. The predicted molar refractivity (Wildman–Crippen MR) is 91.7 cm³/mol. The zero-order chi connectivity index (χ0) is 14.0. The second kappa shape index (κ2) is 11.7. The number of guanidine groups is 1. The fraction of sp³-hybridized carbons (Fsp3) is 0.909. The zero-order valence-corrected chi connectivity index (χ0v) is 15.3. The first-order chi connectivity index (χ1) is 8.41. The number of sulfonamides is 1. The van der Waals surface area contributed by atoms with Crippen molar-refractivity contribution in [2.75, 3.05) is 31.9 Å². The largest absolute Gasteiger partial charge is 0.357 e. The van der Waals surface area contributed by atoms with Gasteiger partial charge in [-0.3, -0.25) is 4.99 Å². The van der Waals surface area contributed by atoms with Gasteiger partial charge in [-0.05, 0) is 19.8 Å². The molecule has 0 atom stereocenters. The molecule has 0 amide bonds. The highest BCUT2D eigenvalue weighted by Gasteiger charge is 2.04. The molecule has 0 heterocycles. The van der Waals surface area contributed by atoms with Crippen LogP contribution in [0, 0.1) is 5.92 Å². The Hall–Kier alpha value is -0.0900. The third kappa shape index (κ3) is 12.7. The minimum Gasteiger partial charge on any atom is -0.357 e. The van der Waals surface area contributed by atoms with Crippen molar-refractivity contribution in [2.45, 2.75) is 27.7 Å². The summed E-state index contributed by atoms with van der Waals surface area (Å²) in [5.41, 5.74) is 0. The summed E-state index contributed by atoms with van der Waals surface area (Å²) >= 11 is 0. The number of nitrogens with one attached hydrogen (secondary N) is 3. The van der Waals surface area contributed by atoms with Gasteiger partial charge in [-0.2, -0.15) is 0 Å². The van der Waals surface area contributed by atoms with E-state index in [1.165, 1.54) is 0 Å². The maximum atomic E-state index is 11.2. The molecule has 0 aliphatic heterocycles. The lowest BCUT2D eigenvalue weighted by Crippen LogP contribution is -2.41. The van der Waals surface area contributed by atoms with Gasteiger partial charge in [0, 0.05) is 26.2 Å². The van der Waals surface area contributed by atoms with Crippen LogP contribution in [0.25, 0.3) is 0 Å². The van der Waals surface area contributed by atoms with Crippen molar-refractivity contribution in [3.05, 3.63) is 0 Å². The summed E-state index contributed by atoms with van der Waals surface area (Å²) in [6.07, 6.45) is 0. The summed E-state index contributed by atoms with van der Waals surface area (Å²) in [6, 6.07) is 0. The molecule has 0 aliphatic rings. The molecule has 0 bridgehead atoms. The molecule has 19 heavy (non-hydrogen) atoms. The molecule has 0 aromatic carbocycles. The van der Waals surface area contributed by atoms with Gasteiger partial charge in [0.1, 0.15) is 0 Å². The summed E-state index contributed by atoms with van der Waals surface area (Å²) in [6.45, 7) is 10.2. The van der Waals surface area contributed by atoms with Crippen LogP contribution in [0.2, 0.25) is 0 Å². The minimum absolute atomic E-state index is 0. The molecule has 0 fully saturated rings. The van der Waals surface area contributed by atoms with Gasteiger partial charge >= 0.3 is 0 Å². The normalized spacial score (nSPS) is 12.2. The number of hydrogen-bond acceptors (Lipinski definition) is 3. The number of halogens is 1. The minimum atomic E-state index is -3.11. The lowest BCUT2D eigenvalue weighted by Gasteiger charge is -2.12. The summed E-state index contributed by atoms with van der Waals surface area (Å²) in [7, 11) is -3.11. The van der Waals surface area contributed by atoms with Crippen LogP contribution in [-0.4, -0.2) is 46.3 Å². The second-order valence-electron chi connectivity index (χ2n) is 4.34. The molecular weight excluding hydrogens is 379 g/mol. The van der Waals surface area contributed by atoms with Crippen LogP contribution in [0.3, 0.4) is 0 Å².